The van der Waals surface area contributed by atoms with Gasteiger partial charge in [0.05, 0.1) is 6.61 Å². The van der Waals surface area contributed by atoms with Gasteiger partial charge < -0.3 is 19.7 Å². The highest BCUT2D eigenvalue weighted by Gasteiger charge is 2.41. The molecule has 30 heavy (non-hydrogen) atoms. The normalized spacial score (nSPS) is 12.6. The number of hydrogen-bond acceptors (Lipinski definition) is 5. The zero-order valence-corrected chi connectivity index (χ0v) is 17.6. The molecule has 0 spiro atoms. The standard InChI is InChI=1S/C23H29NO6/c1-4-5-13-29-20-14-18(11-12-19(20)25)15-23(2,21(26)27)24(3)22(28)30-16-17-9-7-6-8-10-17/h6-12,14,25H,4-5,13,15-16H2,1-3H3,(H,26,27)/t23-/m0/s1. The lowest BCUT2D eigenvalue weighted by Gasteiger charge is -2.34. The van der Waals surface area contributed by atoms with Crippen LogP contribution in [0.25, 0.3) is 0 Å². The maximum atomic E-state index is 12.5. The number of carbonyl (C=O) groups is 2. The second-order valence-corrected chi connectivity index (χ2v) is 7.36. The molecule has 2 aromatic rings. The molecular weight excluding hydrogens is 386 g/mol. The third kappa shape index (κ3) is 5.89. The van der Waals surface area contributed by atoms with Gasteiger partial charge in [-0.2, -0.15) is 0 Å². The van der Waals surface area contributed by atoms with Crippen LogP contribution in [-0.4, -0.2) is 46.4 Å². The number of aromatic hydroxyl groups is 1. The van der Waals surface area contributed by atoms with Crippen LogP contribution < -0.4 is 4.74 Å². The molecule has 7 nitrogen and oxygen atoms in total. The second kappa shape index (κ2) is 10.5. The summed E-state index contributed by atoms with van der Waals surface area (Å²) in [5.74, 6) is -0.881. The molecule has 0 aromatic heterocycles. The van der Waals surface area contributed by atoms with Gasteiger partial charge in [-0.3, -0.25) is 4.90 Å². The van der Waals surface area contributed by atoms with Gasteiger partial charge in [-0.15, -0.1) is 0 Å². The summed E-state index contributed by atoms with van der Waals surface area (Å²) in [5, 5.41) is 19.9. The molecule has 0 saturated carbocycles. The highest BCUT2D eigenvalue weighted by atomic mass is 16.6. The first-order valence-electron chi connectivity index (χ1n) is 9.90. The first-order chi connectivity index (χ1) is 14.3. The van der Waals surface area contributed by atoms with E-state index in [9.17, 15) is 19.8 Å². The van der Waals surface area contributed by atoms with Crippen molar-refractivity contribution in [2.45, 2.75) is 45.3 Å². The molecule has 2 N–H and O–H groups in total. The minimum absolute atomic E-state index is 0.0116. The molecule has 0 saturated heterocycles. The molecule has 162 valence electrons. The molecule has 1 atom stereocenters. The van der Waals surface area contributed by atoms with Crippen molar-refractivity contribution in [1.82, 2.24) is 4.90 Å². The van der Waals surface area contributed by atoms with Crippen LogP contribution in [0.5, 0.6) is 11.5 Å². The molecule has 2 aromatic carbocycles. The zero-order chi connectivity index (χ0) is 22.1. The fraction of sp³-hybridized carbons (Fsp3) is 0.391. The van der Waals surface area contributed by atoms with Gasteiger partial charge in [0.1, 0.15) is 12.1 Å². The van der Waals surface area contributed by atoms with Crippen molar-refractivity contribution in [2.75, 3.05) is 13.7 Å². The van der Waals surface area contributed by atoms with E-state index >= 15 is 0 Å². The Bertz CT molecular complexity index is 854. The van der Waals surface area contributed by atoms with E-state index in [0.717, 1.165) is 23.3 Å². The summed E-state index contributed by atoms with van der Waals surface area (Å²) < 4.78 is 10.9. The lowest BCUT2D eigenvalue weighted by Crippen LogP contribution is -2.54. The van der Waals surface area contributed by atoms with Crippen molar-refractivity contribution >= 4 is 12.1 Å². The Morgan fingerprint density at radius 2 is 1.80 bits per heavy atom. The lowest BCUT2D eigenvalue weighted by molar-refractivity contribution is -0.148. The molecule has 7 heteroatoms. The number of ether oxygens (including phenoxy) is 2. The third-order valence-corrected chi connectivity index (χ3v) is 5.01. The minimum atomic E-state index is -1.55. The van der Waals surface area contributed by atoms with E-state index in [1.165, 1.54) is 20.0 Å². The van der Waals surface area contributed by atoms with Crippen molar-refractivity contribution < 1.29 is 29.3 Å². The number of benzene rings is 2. The van der Waals surface area contributed by atoms with Gasteiger partial charge in [-0.05, 0) is 36.6 Å². The summed E-state index contributed by atoms with van der Waals surface area (Å²) in [7, 11) is 1.40. The number of nitrogens with zero attached hydrogens (tertiary/aromatic N) is 1. The van der Waals surface area contributed by atoms with E-state index in [1.54, 1.807) is 12.1 Å². The summed E-state index contributed by atoms with van der Waals surface area (Å²) in [6.45, 7) is 4.00. The Hall–Kier alpha value is -3.22. The van der Waals surface area contributed by atoms with Crippen LogP contribution in [0.2, 0.25) is 0 Å². The predicted octanol–water partition coefficient (Wildman–Crippen LogP) is 4.23. The Morgan fingerprint density at radius 1 is 1.10 bits per heavy atom. The van der Waals surface area contributed by atoms with Crippen LogP contribution >= 0.6 is 0 Å². The average Bonchev–Trinajstić information content (AvgIpc) is 2.74. The van der Waals surface area contributed by atoms with E-state index in [0.29, 0.717) is 17.9 Å². The number of aliphatic carboxylic acids is 1. The summed E-state index contributed by atoms with van der Waals surface area (Å²) in [6, 6.07) is 13.9. The van der Waals surface area contributed by atoms with E-state index in [1.807, 2.05) is 37.3 Å². The van der Waals surface area contributed by atoms with Crippen LogP contribution in [0.15, 0.2) is 48.5 Å². The van der Waals surface area contributed by atoms with Crippen LogP contribution in [0.1, 0.15) is 37.8 Å². The monoisotopic (exact) mass is 415 g/mol. The van der Waals surface area contributed by atoms with Crippen molar-refractivity contribution in [3.05, 3.63) is 59.7 Å². The van der Waals surface area contributed by atoms with Crippen molar-refractivity contribution in [3.8, 4) is 11.5 Å². The highest BCUT2D eigenvalue weighted by Crippen LogP contribution is 2.30. The van der Waals surface area contributed by atoms with E-state index < -0.39 is 17.6 Å². The topological polar surface area (TPSA) is 96.3 Å². The molecule has 2 rings (SSSR count). The molecule has 0 radical (unpaired) electrons. The Kier molecular flexibility index (Phi) is 8.09. The number of hydrogen-bond donors (Lipinski definition) is 2. The van der Waals surface area contributed by atoms with Gasteiger partial charge in [-0.25, -0.2) is 9.59 Å². The summed E-state index contributed by atoms with van der Waals surface area (Å²) in [6.07, 6.45) is 1.07. The molecule has 0 unspecified atom stereocenters. The number of phenols is 1. The molecule has 0 aliphatic heterocycles. The van der Waals surface area contributed by atoms with E-state index in [2.05, 4.69) is 0 Å². The highest BCUT2D eigenvalue weighted by molar-refractivity contribution is 5.84. The van der Waals surface area contributed by atoms with Crippen LogP contribution in [0, 0.1) is 0 Å². The molecule has 0 aliphatic rings. The first-order valence-corrected chi connectivity index (χ1v) is 9.90. The molecule has 0 fully saturated rings. The van der Waals surface area contributed by atoms with Gasteiger partial charge in [-0.1, -0.05) is 49.7 Å². The maximum absolute atomic E-state index is 12.5. The van der Waals surface area contributed by atoms with Gasteiger partial charge in [0.2, 0.25) is 0 Å². The number of carbonyl (C=O) groups excluding carboxylic acids is 1. The average molecular weight is 415 g/mol. The maximum Gasteiger partial charge on any atom is 0.410 e. The lowest BCUT2D eigenvalue weighted by atomic mass is 9.91. The van der Waals surface area contributed by atoms with Crippen molar-refractivity contribution in [1.29, 1.82) is 0 Å². The third-order valence-electron chi connectivity index (χ3n) is 5.01. The Morgan fingerprint density at radius 3 is 2.43 bits per heavy atom. The summed E-state index contributed by atoms with van der Waals surface area (Å²) in [4.78, 5) is 25.7. The fourth-order valence-corrected chi connectivity index (χ4v) is 2.86. The van der Waals surface area contributed by atoms with E-state index in [-0.39, 0.29) is 18.8 Å². The molecule has 0 aliphatic carbocycles. The Labute approximate surface area is 176 Å². The van der Waals surface area contributed by atoms with Gasteiger partial charge in [0.15, 0.2) is 11.5 Å². The van der Waals surface area contributed by atoms with Crippen LogP contribution in [0.4, 0.5) is 4.79 Å². The number of carboxylic acids is 1. The molecule has 0 heterocycles. The van der Waals surface area contributed by atoms with Gasteiger partial charge in [0, 0.05) is 13.5 Å². The zero-order valence-electron chi connectivity index (χ0n) is 17.6. The first kappa shape index (κ1) is 23.1. The van der Waals surface area contributed by atoms with Gasteiger partial charge >= 0.3 is 12.1 Å². The number of likely N-dealkylation sites (N-methyl/N-ethyl adjacent to an activating group) is 1. The molecule has 0 bridgehead atoms. The van der Waals surface area contributed by atoms with Crippen LogP contribution in [0.3, 0.4) is 0 Å². The fourth-order valence-electron chi connectivity index (χ4n) is 2.86. The van der Waals surface area contributed by atoms with Crippen molar-refractivity contribution in [2.24, 2.45) is 0 Å². The largest absolute Gasteiger partial charge is 0.504 e. The smallest absolute Gasteiger partial charge is 0.410 e. The quantitative estimate of drug-likeness (QED) is 0.564. The number of unbranched alkanes of at least 4 members (excludes halogenated alkanes) is 1. The van der Waals surface area contributed by atoms with Gasteiger partial charge in [0.25, 0.3) is 0 Å². The molecular formula is C23H29NO6. The molecule has 1 amide bonds. The number of amides is 1. The number of rotatable bonds is 10. The minimum Gasteiger partial charge on any atom is -0.504 e. The number of phenolic OH excluding ortho intramolecular Hbond substituents is 1. The van der Waals surface area contributed by atoms with Crippen LogP contribution in [-0.2, 0) is 22.6 Å². The Balaban J connectivity index is 2.13. The SMILES string of the molecule is CCCCOc1cc(C[C@@](C)(C(=O)O)N(C)C(=O)OCc2ccccc2)ccc1O. The van der Waals surface area contributed by atoms with E-state index in [4.69, 9.17) is 9.47 Å². The number of carboxylic acid groups (broad SMARTS) is 1. The predicted molar refractivity (Wildman–Crippen MR) is 113 cm³/mol. The summed E-state index contributed by atoms with van der Waals surface area (Å²) in [5.41, 5.74) is -0.124. The van der Waals surface area contributed by atoms with Crippen molar-refractivity contribution in [3.63, 3.8) is 0 Å². The summed E-state index contributed by atoms with van der Waals surface area (Å²) >= 11 is 0. The second-order valence-electron chi connectivity index (χ2n) is 7.36.